The summed E-state index contributed by atoms with van der Waals surface area (Å²) in [6.45, 7) is 7.47. The number of carboxylic acids is 1. The van der Waals surface area contributed by atoms with Gasteiger partial charge in [-0.3, -0.25) is 4.79 Å². The average Bonchev–Trinajstić information content (AvgIpc) is 2.55. The Labute approximate surface area is 149 Å². The van der Waals surface area contributed by atoms with Gasteiger partial charge in [0.05, 0.1) is 17.6 Å². The number of halogens is 3. The molecule has 0 aliphatic carbocycles. The summed E-state index contributed by atoms with van der Waals surface area (Å²) in [7, 11) is -0.851. The molecule has 1 aromatic rings. The Morgan fingerprint density at radius 1 is 1.13 bits per heavy atom. The highest BCUT2D eigenvalue weighted by atomic mass is 35.5. The minimum atomic E-state index is -1.05. The van der Waals surface area contributed by atoms with Crippen molar-refractivity contribution in [2.75, 3.05) is 0 Å². The van der Waals surface area contributed by atoms with Gasteiger partial charge in [0.1, 0.15) is 10.3 Å². The van der Waals surface area contributed by atoms with Crippen molar-refractivity contribution in [1.82, 2.24) is 9.97 Å². The van der Waals surface area contributed by atoms with Crippen LogP contribution in [0.5, 0.6) is 0 Å². The number of hydrogen-bond acceptors (Lipinski definition) is 5. The normalized spacial score (nSPS) is 20.6. The largest absolute Gasteiger partial charge is 0.481 e. The maximum atomic E-state index is 11.3. The Morgan fingerprint density at radius 3 is 1.96 bits per heavy atom. The van der Waals surface area contributed by atoms with Crippen molar-refractivity contribution in [3.63, 3.8) is 0 Å². The highest BCUT2D eigenvalue weighted by Gasteiger charge is 2.55. The molecular formula is C13H16BCl3N2O4. The molecule has 10 heteroatoms. The van der Waals surface area contributed by atoms with E-state index in [0.29, 0.717) is 0 Å². The second-order valence-electron chi connectivity index (χ2n) is 6.32. The lowest BCUT2D eigenvalue weighted by molar-refractivity contribution is -0.137. The molecule has 1 fully saturated rings. The molecule has 0 aromatic carbocycles. The molecule has 0 bridgehead atoms. The number of carboxylic acid groups (broad SMARTS) is 1. The van der Waals surface area contributed by atoms with E-state index in [1.807, 2.05) is 27.7 Å². The minimum Gasteiger partial charge on any atom is -0.481 e. The van der Waals surface area contributed by atoms with Crippen LogP contribution in [0.1, 0.15) is 45.5 Å². The predicted octanol–water partition coefficient (Wildman–Crippen LogP) is 3.63. The van der Waals surface area contributed by atoms with Crippen molar-refractivity contribution in [2.45, 2.75) is 51.1 Å². The van der Waals surface area contributed by atoms with Crippen LogP contribution in [0.25, 0.3) is 0 Å². The highest BCUT2D eigenvalue weighted by Crippen LogP contribution is 2.44. The molecule has 0 saturated carbocycles. The van der Waals surface area contributed by atoms with Gasteiger partial charge in [-0.05, 0) is 39.3 Å². The van der Waals surface area contributed by atoms with Crippen LogP contribution in [0, 0.1) is 0 Å². The number of aromatic nitrogens is 2. The summed E-state index contributed by atoms with van der Waals surface area (Å²) >= 11 is 17.9. The standard InChI is InChI=1S/C13H16BCl3N2O4/c1-12(2)13(3,4)23-14(22-12)6(5-7(20)21)8-9(15)18-11(17)19-10(8)16/h6H,5H2,1-4H3,(H,20,21). The third-order valence-electron chi connectivity index (χ3n) is 4.19. The monoisotopic (exact) mass is 380 g/mol. The summed E-state index contributed by atoms with van der Waals surface area (Å²) in [6, 6.07) is 0. The summed E-state index contributed by atoms with van der Waals surface area (Å²) < 4.78 is 11.9. The fourth-order valence-electron chi connectivity index (χ4n) is 2.27. The van der Waals surface area contributed by atoms with Gasteiger partial charge in [0, 0.05) is 11.4 Å². The van der Waals surface area contributed by atoms with Crippen LogP contribution < -0.4 is 0 Å². The molecule has 0 radical (unpaired) electrons. The average molecular weight is 381 g/mol. The first-order valence-electron chi connectivity index (χ1n) is 6.90. The first kappa shape index (κ1) is 18.7. The molecule has 1 aliphatic rings. The highest BCUT2D eigenvalue weighted by molar-refractivity contribution is 6.49. The van der Waals surface area contributed by atoms with E-state index >= 15 is 0 Å². The summed E-state index contributed by atoms with van der Waals surface area (Å²) in [5, 5.41) is 9.08. The van der Waals surface area contributed by atoms with Gasteiger partial charge in [-0.2, -0.15) is 0 Å². The maximum absolute atomic E-state index is 11.3. The Morgan fingerprint density at radius 2 is 1.57 bits per heavy atom. The van der Waals surface area contributed by atoms with Crippen LogP contribution >= 0.6 is 34.8 Å². The first-order chi connectivity index (χ1) is 10.4. The lowest BCUT2D eigenvalue weighted by Crippen LogP contribution is -2.41. The van der Waals surface area contributed by atoms with Gasteiger partial charge < -0.3 is 14.4 Å². The van der Waals surface area contributed by atoms with Crippen LogP contribution in [-0.2, 0) is 14.1 Å². The van der Waals surface area contributed by atoms with Gasteiger partial charge >= 0.3 is 13.1 Å². The zero-order valence-corrected chi connectivity index (χ0v) is 15.3. The Hall–Kier alpha value is -0.595. The van der Waals surface area contributed by atoms with Gasteiger partial charge in [0.25, 0.3) is 0 Å². The lowest BCUT2D eigenvalue weighted by atomic mass is 9.66. The van der Waals surface area contributed by atoms with E-state index < -0.39 is 30.1 Å². The number of hydrogen-bond donors (Lipinski definition) is 1. The summed E-state index contributed by atoms with van der Waals surface area (Å²) in [5.74, 6) is -1.82. The zero-order chi connectivity index (χ0) is 17.6. The molecule has 1 N–H and O–H groups in total. The van der Waals surface area contributed by atoms with Crippen molar-refractivity contribution in [2.24, 2.45) is 0 Å². The Balaban J connectivity index is 2.46. The molecule has 23 heavy (non-hydrogen) atoms. The second-order valence-corrected chi connectivity index (χ2v) is 7.37. The van der Waals surface area contributed by atoms with Crippen LogP contribution in [-0.4, -0.2) is 39.4 Å². The van der Waals surface area contributed by atoms with E-state index in [1.165, 1.54) is 0 Å². The van der Waals surface area contributed by atoms with Gasteiger partial charge in [0.2, 0.25) is 5.28 Å². The summed E-state index contributed by atoms with van der Waals surface area (Å²) in [5.41, 5.74) is -1.000. The van der Waals surface area contributed by atoms with Crippen LogP contribution in [0.4, 0.5) is 0 Å². The molecule has 1 saturated heterocycles. The Kier molecular flexibility index (Phi) is 5.19. The number of nitrogens with zero attached hydrogens (tertiary/aromatic N) is 2. The van der Waals surface area contributed by atoms with Crippen LogP contribution in [0.2, 0.25) is 15.6 Å². The molecule has 1 unspecified atom stereocenters. The minimum absolute atomic E-state index is 0.0176. The second kappa shape index (κ2) is 6.37. The molecule has 6 nitrogen and oxygen atoms in total. The first-order valence-corrected chi connectivity index (χ1v) is 8.04. The topological polar surface area (TPSA) is 81.5 Å². The SMILES string of the molecule is CC1(C)OB(C(CC(=O)O)c2c(Cl)nc(Cl)nc2Cl)OC1(C)C. The number of aliphatic carboxylic acids is 1. The van der Waals surface area contributed by atoms with E-state index in [1.54, 1.807) is 0 Å². The molecule has 126 valence electrons. The van der Waals surface area contributed by atoms with E-state index in [2.05, 4.69) is 9.97 Å². The molecule has 2 rings (SSSR count). The summed E-state index contributed by atoms with van der Waals surface area (Å²) in [4.78, 5) is 19.0. The quantitative estimate of drug-likeness (QED) is 0.487. The molecular weight excluding hydrogens is 365 g/mol. The van der Waals surface area contributed by atoms with E-state index in [9.17, 15) is 9.90 Å². The number of carbonyl (C=O) groups is 1. The molecule has 1 aromatic heterocycles. The van der Waals surface area contributed by atoms with Crippen molar-refractivity contribution >= 4 is 47.9 Å². The van der Waals surface area contributed by atoms with Crippen LogP contribution in [0.3, 0.4) is 0 Å². The molecule has 2 heterocycles. The fraction of sp³-hybridized carbons (Fsp3) is 0.615. The fourth-order valence-corrected chi connectivity index (χ4v) is 3.20. The lowest BCUT2D eigenvalue weighted by Gasteiger charge is -2.32. The van der Waals surface area contributed by atoms with Crippen molar-refractivity contribution in [1.29, 1.82) is 0 Å². The zero-order valence-electron chi connectivity index (χ0n) is 13.1. The van der Waals surface area contributed by atoms with Gasteiger partial charge in [0.15, 0.2) is 0 Å². The van der Waals surface area contributed by atoms with Crippen LogP contribution in [0.15, 0.2) is 0 Å². The summed E-state index contributed by atoms with van der Waals surface area (Å²) in [6.07, 6.45) is -0.304. The van der Waals surface area contributed by atoms with E-state index in [-0.39, 0.29) is 27.6 Å². The molecule has 1 atom stereocenters. The predicted molar refractivity (Wildman–Crippen MR) is 88.1 cm³/mol. The van der Waals surface area contributed by atoms with E-state index in [4.69, 9.17) is 44.1 Å². The van der Waals surface area contributed by atoms with Gasteiger partial charge in [-0.25, -0.2) is 9.97 Å². The number of rotatable bonds is 4. The molecule has 0 amide bonds. The third-order valence-corrected chi connectivity index (χ3v) is 4.94. The molecule has 1 aliphatic heterocycles. The maximum Gasteiger partial charge on any atom is 0.466 e. The Bertz CT molecular complexity index is 603. The van der Waals surface area contributed by atoms with Crippen molar-refractivity contribution in [3.05, 3.63) is 21.2 Å². The van der Waals surface area contributed by atoms with Crippen molar-refractivity contribution in [3.8, 4) is 0 Å². The van der Waals surface area contributed by atoms with Gasteiger partial charge in [-0.1, -0.05) is 23.2 Å². The molecule has 0 spiro atoms. The smallest absolute Gasteiger partial charge is 0.466 e. The third kappa shape index (κ3) is 3.74. The van der Waals surface area contributed by atoms with Gasteiger partial charge in [-0.15, -0.1) is 0 Å². The van der Waals surface area contributed by atoms with Crippen molar-refractivity contribution < 1.29 is 19.2 Å². The van der Waals surface area contributed by atoms with E-state index in [0.717, 1.165) is 0 Å².